The highest BCUT2D eigenvalue weighted by atomic mass is 16.5. The number of nitrogens with two attached hydrogens (primary N) is 1. The van der Waals surface area contributed by atoms with Gasteiger partial charge >= 0.3 is 6.01 Å². The minimum Gasteiger partial charge on any atom is -0.463 e. The molecule has 3 heterocycles. The molecule has 2 N–H and O–H groups in total. The number of aromatic nitrogens is 2. The zero-order valence-electron chi connectivity index (χ0n) is 15.0. The number of ether oxygens (including phenoxy) is 2. The first-order valence-corrected chi connectivity index (χ1v) is 9.36. The van der Waals surface area contributed by atoms with Gasteiger partial charge in [-0.25, -0.2) is 0 Å². The highest BCUT2D eigenvalue weighted by Crippen LogP contribution is 2.32. The van der Waals surface area contributed by atoms with E-state index in [-0.39, 0.29) is 18.3 Å². The molecule has 7 nitrogen and oxygen atoms in total. The van der Waals surface area contributed by atoms with Crippen LogP contribution in [0.1, 0.15) is 51.0 Å². The lowest BCUT2D eigenvalue weighted by molar-refractivity contribution is -0.117. The van der Waals surface area contributed by atoms with E-state index in [1.165, 1.54) is 0 Å². The van der Waals surface area contributed by atoms with Gasteiger partial charge in [0, 0.05) is 25.3 Å². The monoisotopic (exact) mass is 348 g/mol. The maximum Gasteiger partial charge on any atom is 0.320 e. The Morgan fingerprint density at radius 3 is 2.84 bits per heavy atom. The molecule has 1 fully saturated rings. The average Bonchev–Trinajstić information content (AvgIpc) is 2.93. The number of unbranched alkanes of at least 4 members (excludes halogenated alkanes) is 1. The van der Waals surface area contributed by atoms with E-state index in [9.17, 15) is 4.79 Å². The van der Waals surface area contributed by atoms with Crippen LogP contribution in [0.2, 0.25) is 0 Å². The fourth-order valence-corrected chi connectivity index (χ4v) is 3.40. The van der Waals surface area contributed by atoms with Crippen molar-refractivity contribution in [3.05, 3.63) is 5.56 Å². The van der Waals surface area contributed by atoms with Crippen LogP contribution in [-0.2, 0) is 16.0 Å². The number of rotatable bonds is 8. The summed E-state index contributed by atoms with van der Waals surface area (Å²) >= 11 is 0. The number of nitrogen functional groups attached to an aromatic ring is 1. The number of carbonyl (C=O) groups excluding carboxylic acids is 1. The lowest BCUT2D eigenvalue weighted by Crippen LogP contribution is -2.29. The summed E-state index contributed by atoms with van der Waals surface area (Å²) in [5.41, 5.74) is 6.76. The number of amides is 1. The Bertz CT molecular complexity index is 602. The van der Waals surface area contributed by atoms with E-state index in [1.807, 2.05) is 0 Å². The second-order valence-electron chi connectivity index (χ2n) is 6.82. The maximum absolute atomic E-state index is 12.4. The van der Waals surface area contributed by atoms with Crippen molar-refractivity contribution in [2.75, 3.05) is 37.0 Å². The first-order valence-electron chi connectivity index (χ1n) is 9.36. The van der Waals surface area contributed by atoms with Crippen LogP contribution in [0.4, 0.5) is 11.6 Å². The Labute approximate surface area is 148 Å². The van der Waals surface area contributed by atoms with Crippen LogP contribution in [-0.4, -0.2) is 42.2 Å². The SMILES string of the molecule is CCCCOc1nc(N)c2c(n1)N(CCCC1CCOCC1)C(=O)C2. The third kappa shape index (κ3) is 4.39. The minimum absolute atomic E-state index is 0.0497. The van der Waals surface area contributed by atoms with Gasteiger partial charge in [-0.3, -0.25) is 9.69 Å². The molecule has 3 rings (SSSR count). The quantitative estimate of drug-likeness (QED) is 0.725. The first kappa shape index (κ1) is 17.9. The van der Waals surface area contributed by atoms with Crippen LogP contribution >= 0.6 is 0 Å². The Balaban J connectivity index is 1.62. The van der Waals surface area contributed by atoms with Crippen molar-refractivity contribution in [3.8, 4) is 6.01 Å². The molecule has 0 radical (unpaired) electrons. The topological polar surface area (TPSA) is 90.6 Å². The molecular formula is C18H28N4O3. The zero-order valence-corrected chi connectivity index (χ0v) is 15.0. The molecule has 1 saturated heterocycles. The van der Waals surface area contributed by atoms with E-state index in [4.69, 9.17) is 15.2 Å². The predicted octanol–water partition coefficient (Wildman–Crippen LogP) is 2.33. The van der Waals surface area contributed by atoms with Gasteiger partial charge < -0.3 is 15.2 Å². The van der Waals surface area contributed by atoms with Gasteiger partial charge in [0.25, 0.3) is 0 Å². The van der Waals surface area contributed by atoms with Crippen molar-refractivity contribution in [3.63, 3.8) is 0 Å². The molecule has 0 bridgehead atoms. The van der Waals surface area contributed by atoms with Gasteiger partial charge in [-0.15, -0.1) is 0 Å². The molecule has 0 spiro atoms. The third-order valence-electron chi connectivity index (χ3n) is 4.95. The van der Waals surface area contributed by atoms with Crippen LogP contribution in [0.25, 0.3) is 0 Å². The molecule has 2 aliphatic heterocycles. The molecule has 138 valence electrons. The summed E-state index contributed by atoms with van der Waals surface area (Å²) in [5.74, 6) is 1.75. The van der Waals surface area contributed by atoms with Gasteiger partial charge in [0.1, 0.15) is 11.6 Å². The van der Waals surface area contributed by atoms with Crippen LogP contribution in [0.3, 0.4) is 0 Å². The molecular weight excluding hydrogens is 320 g/mol. The van der Waals surface area contributed by atoms with Gasteiger partial charge in [0.2, 0.25) is 5.91 Å². The fourth-order valence-electron chi connectivity index (χ4n) is 3.40. The molecule has 2 aliphatic rings. The van der Waals surface area contributed by atoms with Crippen molar-refractivity contribution >= 4 is 17.5 Å². The number of nitrogens with zero attached hydrogens (tertiary/aromatic N) is 3. The van der Waals surface area contributed by atoms with Gasteiger partial charge in [-0.1, -0.05) is 13.3 Å². The Morgan fingerprint density at radius 2 is 2.08 bits per heavy atom. The summed E-state index contributed by atoms with van der Waals surface area (Å²) in [6.07, 6.45) is 6.58. The maximum atomic E-state index is 12.4. The second-order valence-corrected chi connectivity index (χ2v) is 6.82. The summed E-state index contributed by atoms with van der Waals surface area (Å²) in [6, 6.07) is 0.272. The summed E-state index contributed by atoms with van der Waals surface area (Å²) in [6.45, 7) is 5.05. The molecule has 0 saturated carbocycles. The average molecular weight is 348 g/mol. The predicted molar refractivity (Wildman–Crippen MR) is 95.7 cm³/mol. The number of hydrogen-bond donors (Lipinski definition) is 1. The van der Waals surface area contributed by atoms with Crippen molar-refractivity contribution in [2.24, 2.45) is 5.92 Å². The van der Waals surface area contributed by atoms with E-state index in [2.05, 4.69) is 16.9 Å². The standard InChI is InChI=1S/C18H28N4O3/c1-2-3-9-25-18-20-16(19)14-12-15(23)22(17(14)21-18)8-4-5-13-6-10-24-11-7-13/h13H,2-12H2,1H3,(H2,19,20,21). The summed E-state index contributed by atoms with van der Waals surface area (Å²) < 4.78 is 11.0. The number of hydrogen-bond acceptors (Lipinski definition) is 6. The van der Waals surface area contributed by atoms with Crippen molar-refractivity contribution in [1.82, 2.24) is 9.97 Å². The molecule has 0 atom stereocenters. The normalized spacial score (nSPS) is 17.8. The van der Waals surface area contributed by atoms with Gasteiger partial charge in [0.05, 0.1) is 13.0 Å². The van der Waals surface area contributed by atoms with E-state index in [0.29, 0.717) is 30.7 Å². The fraction of sp³-hybridized carbons (Fsp3) is 0.722. The Morgan fingerprint density at radius 1 is 1.28 bits per heavy atom. The largest absolute Gasteiger partial charge is 0.463 e. The smallest absolute Gasteiger partial charge is 0.320 e. The Kier molecular flexibility index (Phi) is 6.07. The van der Waals surface area contributed by atoms with Crippen molar-refractivity contribution in [2.45, 2.75) is 51.9 Å². The lowest BCUT2D eigenvalue weighted by atomic mass is 9.95. The van der Waals surface area contributed by atoms with Gasteiger partial charge in [-0.05, 0) is 38.0 Å². The number of anilines is 2. The van der Waals surface area contributed by atoms with Crippen LogP contribution < -0.4 is 15.4 Å². The highest BCUT2D eigenvalue weighted by molar-refractivity contribution is 6.01. The molecule has 0 unspecified atom stereocenters. The van der Waals surface area contributed by atoms with E-state index < -0.39 is 0 Å². The van der Waals surface area contributed by atoms with Crippen LogP contribution in [0, 0.1) is 5.92 Å². The first-order chi connectivity index (χ1) is 12.2. The molecule has 0 aliphatic carbocycles. The number of carbonyl (C=O) groups is 1. The molecule has 1 aromatic rings. The highest BCUT2D eigenvalue weighted by Gasteiger charge is 2.32. The van der Waals surface area contributed by atoms with Crippen LogP contribution in [0.15, 0.2) is 0 Å². The summed E-state index contributed by atoms with van der Waals surface area (Å²) in [7, 11) is 0. The van der Waals surface area contributed by atoms with E-state index >= 15 is 0 Å². The van der Waals surface area contributed by atoms with Gasteiger partial charge in [-0.2, -0.15) is 9.97 Å². The molecule has 1 aromatic heterocycles. The molecule has 0 aromatic carbocycles. The van der Waals surface area contributed by atoms with E-state index in [1.54, 1.807) is 4.90 Å². The second kappa shape index (κ2) is 8.47. The summed E-state index contributed by atoms with van der Waals surface area (Å²) in [4.78, 5) is 22.8. The van der Waals surface area contributed by atoms with Gasteiger partial charge in [0.15, 0.2) is 0 Å². The van der Waals surface area contributed by atoms with Crippen molar-refractivity contribution in [1.29, 1.82) is 0 Å². The van der Waals surface area contributed by atoms with Crippen molar-refractivity contribution < 1.29 is 14.3 Å². The summed E-state index contributed by atoms with van der Waals surface area (Å²) in [5, 5.41) is 0. The number of fused-ring (bicyclic) bond motifs is 1. The zero-order chi connectivity index (χ0) is 17.6. The Hall–Kier alpha value is -1.89. The minimum atomic E-state index is 0.0497. The van der Waals surface area contributed by atoms with E-state index in [0.717, 1.165) is 57.3 Å². The van der Waals surface area contributed by atoms with Crippen LogP contribution in [0.5, 0.6) is 6.01 Å². The lowest BCUT2D eigenvalue weighted by Gasteiger charge is -2.23. The molecule has 1 amide bonds. The third-order valence-corrected chi connectivity index (χ3v) is 4.95. The molecule has 25 heavy (non-hydrogen) atoms. The molecule has 7 heteroatoms.